The van der Waals surface area contributed by atoms with Crippen LogP contribution in [0.15, 0.2) is 209 Å². The zero-order valence-corrected chi connectivity index (χ0v) is 81.5. The Morgan fingerprint density at radius 1 is 0.317 bits per heavy atom. The SMILES string of the molecule is Cc1c(-c2n(C(C)C)cc[n+]2C)cc(C(C)(C)C)cc1-[n+]1cccnc1C.Cc1cc(-c2n(C(C)C)cc[n+]2C)c(C)c(-[n+]2cccnc2C)c1.Cc1cc(C)c(-[n+]2ccccc2C)c(C)c1-c1n(C(C)C)cc[n+]1C.Cc1cc(C)c(-[n+]2cccnc2C)c(C)c1-c1n(C(C)C)cc[n+]1C.[C-]#[N+]c1cc(-c2n(C(C)C)cc[n+]2C)c(C)c(-[n+]2cccnc2C)c1. The number of imidazole rings is 5. The minimum Gasteiger partial charge on any atom is -0.238 e. The molecular weight excluding hydrogens is 1550 g/mol. The van der Waals surface area contributed by atoms with Crippen molar-refractivity contribution in [3.63, 3.8) is 0 Å². The van der Waals surface area contributed by atoms with Crippen molar-refractivity contribution in [3.8, 4) is 85.4 Å². The van der Waals surface area contributed by atoms with E-state index in [4.69, 9.17) is 6.57 Å². The first-order valence-electron chi connectivity index (χ1n) is 44.3. The van der Waals surface area contributed by atoms with Gasteiger partial charge in [-0.05, 0) is 214 Å². The van der Waals surface area contributed by atoms with E-state index in [1.807, 2.05) is 86.6 Å². The highest BCUT2D eigenvalue weighted by atomic mass is 15.2. The second kappa shape index (κ2) is 39.1. The van der Waals surface area contributed by atoms with Crippen molar-refractivity contribution in [1.82, 2.24) is 42.8 Å². The average Bonchev–Trinajstić information content (AvgIpc) is 1.08. The topological polar surface area (TPSA) is 119 Å². The fourth-order valence-electron chi connectivity index (χ4n) is 17.7. The highest BCUT2D eigenvalue weighted by molar-refractivity contribution is 5.73. The predicted molar refractivity (Wildman–Crippen MR) is 502 cm³/mol. The smallest absolute Gasteiger partial charge is 0.238 e. The molecule has 20 nitrogen and oxygen atoms in total. The summed E-state index contributed by atoms with van der Waals surface area (Å²) in [6.45, 7) is 68.7. The van der Waals surface area contributed by atoms with E-state index >= 15 is 0 Å². The van der Waals surface area contributed by atoms with Gasteiger partial charge in [-0.2, -0.15) is 9.13 Å². The quantitative estimate of drug-likeness (QED) is 0.0750. The summed E-state index contributed by atoms with van der Waals surface area (Å²) in [5.74, 6) is 9.93. The largest absolute Gasteiger partial charge is 0.300 e. The molecule has 0 saturated heterocycles. The van der Waals surface area contributed by atoms with Crippen molar-refractivity contribution in [2.75, 3.05) is 0 Å². The lowest BCUT2D eigenvalue weighted by Crippen LogP contribution is -2.37. The van der Waals surface area contributed by atoms with Crippen molar-refractivity contribution in [1.29, 1.82) is 0 Å². The number of hydrogen-bond donors (Lipinski definition) is 0. The molecule has 20 heteroatoms. The number of aromatic nitrogens is 19. The maximum Gasteiger partial charge on any atom is 0.300 e. The van der Waals surface area contributed by atoms with Gasteiger partial charge in [-0.3, -0.25) is 0 Å². The fraction of sp³-hybridized carbons (Fsp3) is 0.368. The Hall–Kier alpha value is -12.9. The molecule has 0 aliphatic carbocycles. The van der Waals surface area contributed by atoms with Crippen LogP contribution in [0.2, 0.25) is 0 Å². The number of rotatable bonds is 15. The first kappa shape index (κ1) is 93.8. The molecule has 0 bridgehead atoms. The van der Waals surface area contributed by atoms with Crippen LogP contribution in [0.3, 0.4) is 0 Å². The van der Waals surface area contributed by atoms with Crippen LogP contribution in [0.25, 0.3) is 90.2 Å². The van der Waals surface area contributed by atoms with Crippen LogP contribution in [0.1, 0.15) is 210 Å². The average molecular weight is 1690 g/mol. The molecule has 0 aliphatic heterocycles. The molecule has 0 atom stereocenters. The van der Waals surface area contributed by atoms with Crippen LogP contribution in [0.4, 0.5) is 5.69 Å². The number of benzene rings is 5. The number of nitrogens with zero attached hydrogens (tertiary/aromatic N) is 20. The van der Waals surface area contributed by atoms with Crippen molar-refractivity contribution in [2.45, 2.75) is 229 Å². The first-order valence-corrected chi connectivity index (χ1v) is 44.3. The highest BCUT2D eigenvalue weighted by Gasteiger charge is 2.34. The van der Waals surface area contributed by atoms with Crippen LogP contribution in [0.5, 0.6) is 0 Å². The van der Waals surface area contributed by atoms with Crippen LogP contribution < -0.4 is 45.7 Å². The molecule has 0 spiro atoms. The molecule has 0 fully saturated rings. The monoisotopic (exact) mass is 1690 g/mol. The summed E-state index contributed by atoms with van der Waals surface area (Å²) in [6, 6.07) is 33.9. The van der Waals surface area contributed by atoms with Gasteiger partial charge in [-0.15, -0.1) is 0 Å². The summed E-state index contributed by atoms with van der Waals surface area (Å²) < 4.78 is 33.5. The Kier molecular flexibility index (Phi) is 29.1. The van der Waals surface area contributed by atoms with Gasteiger partial charge < -0.3 is 0 Å². The molecular formula is C106H138N20+10. The van der Waals surface area contributed by atoms with Crippen LogP contribution in [0, 0.1) is 110 Å². The Bertz CT molecular complexity index is 6370. The van der Waals surface area contributed by atoms with Gasteiger partial charge in [-0.1, -0.05) is 52.8 Å². The molecule has 652 valence electrons. The Morgan fingerprint density at radius 3 is 0.968 bits per heavy atom. The lowest BCUT2D eigenvalue weighted by molar-refractivity contribution is -0.659. The summed E-state index contributed by atoms with van der Waals surface area (Å²) in [5.41, 5.74) is 28.1. The minimum absolute atomic E-state index is 0.0572. The molecule has 15 rings (SSSR count). The van der Waals surface area contributed by atoms with E-state index in [1.54, 1.807) is 6.20 Å². The van der Waals surface area contributed by atoms with E-state index < -0.39 is 0 Å². The molecule has 0 saturated carbocycles. The molecule has 10 heterocycles. The van der Waals surface area contributed by atoms with Gasteiger partial charge in [0.2, 0.25) is 5.69 Å². The number of hydrogen-bond acceptors (Lipinski definition) is 4. The Labute approximate surface area is 750 Å². The normalized spacial score (nSPS) is 11.4. The van der Waals surface area contributed by atoms with Gasteiger partial charge in [0.1, 0.15) is 134 Å². The second-order valence-corrected chi connectivity index (χ2v) is 36.4. The van der Waals surface area contributed by atoms with E-state index in [2.05, 4.69) is 438 Å². The third-order valence-electron chi connectivity index (χ3n) is 24.3. The summed E-state index contributed by atoms with van der Waals surface area (Å²) in [6.07, 6.45) is 39.1. The zero-order chi connectivity index (χ0) is 92.1. The maximum atomic E-state index is 7.53. The van der Waals surface area contributed by atoms with Gasteiger partial charge >= 0.3 is 0 Å². The standard InChI is InChI=1S/C23H32N4.C22H29N3.C21H28N4.C20H23N5.C20H26N4/c1-16(2)26-13-12-25(8)22(26)20-14-19(23(5,6)7)15-21(17(20)3)27-11-9-10-24-18(27)4;1-15(2)24-13-12-23(7)22(24)20-16(3)14-17(4)21(19(20)6)25-11-9-8-10-18(25)5;1-14(2)24-12-11-23(7)21(24)19-15(3)13-16(4)20(17(19)5)25-10-8-9-22-18(25)6;1-14(2)24-11-10-23(6)20(24)18-12-17(21-5)13-19(15(18)3)25-9-7-8-22-16(25)4;1-14(2)23-11-10-22(6)20(23)18-12-15(3)13-19(16(18)4)24-9-7-8-21-17(24)5/h9-16H,1-8H3;8-15H,1-7H3;8-14H,1-7H3;7-14H,1-4,6H3;7-14H,1-6H3/q5*+2. The van der Waals surface area contributed by atoms with Crippen LogP contribution in [-0.4, -0.2) is 42.8 Å². The second-order valence-electron chi connectivity index (χ2n) is 36.4. The molecule has 0 unspecified atom stereocenters. The third kappa shape index (κ3) is 19.5. The third-order valence-corrected chi connectivity index (χ3v) is 24.3. The van der Waals surface area contributed by atoms with Crippen LogP contribution >= 0.6 is 0 Å². The summed E-state index contributed by atoms with van der Waals surface area (Å²) in [4.78, 5) is 21.5. The molecule has 10 aromatic heterocycles. The molecule has 5 aromatic carbocycles. The van der Waals surface area contributed by atoms with Gasteiger partial charge in [0.05, 0.1) is 99.8 Å². The van der Waals surface area contributed by atoms with Crippen molar-refractivity contribution in [3.05, 3.63) is 310 Å². The lowest BCUT2D eigenvalue weighted by Gasteiger charge is -2.22. The van der Waals surface area contributed by atoms with Gasteiger partial charge in [0.15, 0.2) is 17.6 Å². The number of aryl methyl sites for hydroxylation is 15. The molecule has 0 N–H and O–H groups in total. The molecule has 126 heavy (non-hydrogen) atoms. The van der Waals surface area contributed by atoms with Crippen molar-refractivity contribution in [2.24, 2.45) is 35.2 Å². The molecule has 0 radical (unpaired) electrons. The van der Waals surface area contributed by atoms with E-state index in [0.717, 1.165) is 45.9 Å². The number of pyridine rings is 1. The molecule has 0 aliphatic rings. The van der Waals surface area contributed by atoms with Crippen LogP contribution in [-0.2, 0) is 40.7 Å². The van der Waals surface area contributed by atoms with Gasteiger partial charge in [0, 0.05) is 104 Å². The lowest BCUT2D eigenvalue weighted by atomic mass is 9.84. The van der Waals surface area contributed by atoms with E-state index in [9.17, 15) is 0 Å². The van der Waals surface area contributed by atoms with Gasteiger partial charge in [0.25, 0.3) is 52.4 Å². The Balaban J connectivity index is 0.000000153. The van der Waals surface area contributed by atoms with E-state index in [-0.39, 0.29) is 5.41 Å². The zero-order valence-electron chi connectivity index (χ0n) is 81.5. The van der Waals surface area contributed by atoms with E-state index in [1.165, 1.54) is 130 Å². The van der Waals surface area contributed by atoms with Crippen molar-refractivity contribution >= 4 is 5.69 Å². The summed E-state index contributed by atoms with van der Waals surface area (Å²) >= 11 is 0. The minimum atomic E-state index is 0.0572. The Morgan fingerprint density at radius 2 is 0.627 bits per heavy atom. The fourth-order valence-corrected chi connectivity index (χ4v) is 17.7. The van der Waals surface area contributed by atoms with Gasteiger partial charge in [-0.25, -0.2) is 64.2 Å². The predicted octanol–water partition coefficient (Wildman–Crippen LogP) is 18.2. The summed E-state index contributed by atoms with van der Waals surface area (Å²) in [7, 11) is 10.5. The first-order chi connectivity index (χ1) is 59.6. The highest BCUT2D eigenvalue weighted by Crippen LogP contribution is 2.38. The molecule has 15 aromatic rings. The maximum absolute atomic E-state index is 7.53. The molecule has 0 amide bonds. The van der Waals surface area contributed by atoms with E-state index in [0.29, 0.717) is 35.9 Å². The van der Waals surface area contributed by atoms with Crippen molar-refractivity contribution < 1.29 is 45.7 Å². The summed E-state index contributed by atoms with van der Waals surface area (Å²) in [5, 5.41) is 0.